The van der Waals surface area contributed by atoms with Crippen LogP contribution in [0.1, 0.15) is 17.3 Å². The highest BCUT2D eigenvalue weighted by molar-refractivity contribution is 5.88. The van der Waals surface area contributed by atoms with Crippen LogP contribution in [0.2, 0.25) is 0 Å². The van der Waals surface area contributed by atoms with Gasteiger partial charge in [0.1, 0.15) is 0 Å². The molecule has 0 spiro atoms. The molecule has 0 amide bonds. The molecule has 1 N–H and O–H groups in total. The van der Waals surface area contributed by atoms with Crippen LogP contribution in [-0.2, 0) is 4.74 Å². The molecule has 0 atom stereocenters. The van der Waals surface area contributed by atoms with Crippen molar-refractivity contribution in [3.63, 3.8) is 0 Å². The maximum atomic E-state index is 11.0. The molecule has 2 aromatic rings. The molecule has 0 saturated carbocycles. The van der Waals surface area contributed by atoms with Crippen LogP contribution in [0.3, 0.4) is 0 Å². The molecule has 2 heterocycles. The van der Waals surface area contributed by atoms with Gasteiger partial charge in [0, 0.05) is 24.8 Å². The highest BCUT2D eigenvalue weighted by Gasteiger charge is 2.03. The van der Waals surface area contributed by atoms with E-state index in [0.717, 1.165) is 0 Å². The highest BCUT2D eigenvalue weighted by Crippen LogP contribution is 1.97. The summed E-state index contributed by atoms with van der Waals surface area (Å²) in [6, 6.07) is 3.37. The fourth-order valence-electron chi connectivity index (χ4n) is 0.913. The Morgan fingerprint density at radius 3 is 2.75 bits per heavy atom. The zero-order valence-electron chi connectivity index (χ0n) is 8.96. The summed E-state index contributed by atoms with van der Waals surface area (Å²) in [5, 5.41) is 0. The molecule has 0 aromatic carbocycles. The smallest absolute Gasteiger partial charge is 0.339 e. The van der Waals surface area contributed by atoms with Crippen molar-refractivity contribution in [3.05, 3.63) is 48.8 Å². The second kappa shape index (κ2) is 7.17. The number of rotatable bonds is 2. The lowest BCUT2D eigenvalue weighted by molar-refractivity contribution is 0.0526. The third kappa shape index (κ3) is 4.36. The van der Waals surface area contributed by atoms with Gasteiger partial charge >= 0.3 is 5.97 Å². The summed E-state index contributed by atoms with van der Waals surface area (Å²) in [6.07, 6.45) is 8.18. The van der Waals surface area contributed by atoms with E-state index in [1.54, 1.807) is 44.0 Å². The Hall–Kier alpha value is -2.17. The lowest BCUT2D eigenvalue weighted by Gasteiger charge is -1.98. The first-order valence-corrected chi connectivity index (χ1v) is 4.84. The van der Waals surface area contributed by atoms with Gasteiger partial charge in [0.25, 0.3) is 0 Å². The number of esters is 1. The van der Waals surface area contributed by atoms with Crippen molar-refractivity contribution in [1.82, 2.24) is 15.0 Å². The van der Waals surface area contributed by atoms with Gasteiger partial charge in [-0.3, -0.25) is 4.98 Å². The number of aromatic nitrogens is 3. The molecule has 5 heteroatoms. The molecule has 5 nitrogen and oxygen atoms in total. The van der Waals surface area contributed by atoms with Crippen LogP contribution < -0.4 is 0 Å². The second-order valence-corrected chi connectivity index (χ2v) is 2.72. The van der Waals surface area contributed by atoms with Gasteiger partial charge < -0.3 is 9.72 Å². The van der Waals surface area contributed by atoms with E-state index in [4.69, 9.17) is 4.74 Å². The monoisotopic (exact) mass is 219 g/mol. The van der Waals surface area contributed by atoms with E-state index in [-0.39, 0.29) is 5.97 Å². The Morgan fingerprint density at radius 1 is 1.44 bits per heavy atom. The Kier molecular flexibility index (Phi) is 5.33. The first-order valence-electron chi connectivity index (χ1n) is 4.84. The number of nitrogens with zero attached hydrogens (tertiary/aromatic N) is 2. The number of hydrogen-bond donors (Lipinski definition) is 1. The van der Waals surface area contributed by atoms with Crippen molar-refractivity contribution in [2.45, 2.75) is 6.92 Å². The summed E-state index contributed by atoms with van der Waals surface area (Å²) < 4.78 is 4.75. The van der Waals surface area contributed by atoms with Gasteiger partial charge in [0.2, 0.25) is 0 Å². The lowest BCUT2D eigenvalue weighted by atomic mass is 10.3. The van der Waals surface area contributed by atoms with E-state index in [2.05, 4.69) is 15.0 Å². The minimum absolute atomic E-state index is 0.319. The number of hydrogen-bond acceptors (Lipinski definition) is 4. The van der Waals surface area contributed by atoms with Crippen LogP contribution in [-0.4, -0.2) is 27.5 Å². The molecule has 0 bridgehead atoms. The van der Waals surface area contributed by atoms with E-state index >= 15 is 0 Å². The number of pyridine rings is 1. The third-order valence-electron chi connectivity index (χ3n) is 1.58. The first kappa shape index (κ1) is 11.9. The summed E-state index contributed by atoms with van der Waals surface area (Å²) in [6.45, 7) is 2.17. The zero-order chi connectivity index (χ0) is 11.6. The molecule has 2 aromatic heterocycles. The molecule has 0 unspecified atom stereocenters. The Labute approximate surface area is 93.5 Å². The third-order valence-corrected chi connectivity index (χ3v) is 1.58. The zero-order valence-corrected chi connectivity index (χ0v) is 8.96. The molecule has 84 valence electrons. The van der Waals surface area contributed by atoms with Gasteiger partial charge in [-0.05, 0) is 19.1 Å². The Balaban J connectivity index is 0.000000212. The Morgan fingerprint density at radius 2 is 2.31 bits per heavy atom. The van der Waals surface area contributed by atoms with Crippen LogP contribution >= 0.6 is 0 Å². The minimum Gasteiger partial charge on any atom is -0.462 e. The minimum atomic E-state index is -0.319. The summed E-state index contributed by atoms with van der Waals surface area (Å²) in [7, 11) is 0. The van der Waals surface area contributed by atoms with Crippen molar-refractivity contribution >= 4 is 5.97 Å². The molecular weight excluding hydrogens is 206 g/mol. The normalized spacial score (nSPS) is 8.81. The summed E-state index contributed by atoms with van der Waals surface area (Å²) in [4.78, 5) is 21.2. The Bertz CT molecular complexity index is 370. The number of ether oxygens (including phenoxy) is 1. The average Bonchev–Trinajstić information content (AvgIpc) is 2.89. The highest BCUT2D eigenvalue weighted by atomic mass is 16.5. The van der Waals surface area contributed by atoms with Gasteiger partial charge in [-0.2, -0.15) is 0 Å². The van der Waals surface area contributed by atoms with Crippen molar-refractivity contribution in [2.24, 2.45) is 0 Å². The number of H-pyrrole nitrogens is 1. The van der Waals surface area contributed by atoms with Gasteiger partial charge in [-0.1, -0.05) is 0 Å². The number of carbonyl (C=O) groups excluding carboxylic acids is 1. The molecule has 0 aliphatic heterocycles. The maximum Gasteiger partial charge on any atom is 0.339 e. The van der Waals surface area contributed by atoms with E-state index in [0.29, 0.717) is 12.2 Å². The lowest BCUT2D eigenvalue weighted by Crippen LogP contribution is -2.04. The van der Waals surface area contributed by atoms with Gasteiger partial charge in [0.05, 0.1) is 18.5 Å². The second-order valence-electron chi connectivity index (χ2n) is 2.72. The molecule has 0 fully saturated rings. The SMILES string of the molecule is CCOC(=O)c1cccnc1.c1c[nH]cn1. The summed E-state index contributed by atoms with van der Waals surface area (Å²) in [5.74, 6) is -0.319. The van der Waals surface area contributed by atoms with Crippen molar-refractivity contribution in [2.75, 3.05) is 6.61 Å². The van der Waals surface area contributed by atoms with Crippen LogP contribution in [0, 0.1) is 0 Å². The van der Waals surface area contributed by atoms with E-state index in [1.165, 1.54) is 6.20 Å². The molecule has 16 heavy (non-hydrogen) atoms. The number of carbonyl (C=O) groups is 1. The van der Waals surface area contributed by atoms with E-state index in [1.807, 2.05) is 0 Å². The van der Waals surface area contributed by atoms with Gasteiger partial charge in [-0.25, -0.2) is 9.78 Å². The number of nitrogens with one attached hydrogen (secondary N) is 1. The predicted molar refractivity (Wildman–Crippen MR) is 58.8 cm³/mol. The molecule has 2 rings (SSSR count). The van der Waals surface area contributed by atoms with Crippen molar-refractivity contribution < 1.29 is 9.53 Å². The fourth-order valence-corrected chi connectivity index (χ4v) is 0.913. The molecule has 0 saturated heterocycles. The molecule has 0 aliphatic rings. The predicted octanol–water partition coefficient (Wildman–Crippen LogP) is 1.67. The van der Waals surface area contributed by atoms with Gasteiger partial charge in [-0.15, -0.1) is 0 Å². The summed E-state index contributed by atoms with van der Waals surface area (Å²) in [5.41, 5.74) is 0.495. The maximum absolute atomic E-state index is 11.0. The molecule has 0 radical (unpaired) electrons. The fraction of sp³-hybridized carbons (Fsp3) is 0.182. The van der Waals surface area contributed by atoms with Gasteiger partial charge in [0.15, 0.2) is 0 Å². The average molecular weight is 219 g/mol. The quantitative estimate of drug-likeness (QED) is 0.780. The van der Waals surface area contributed by atoms with Crippen molar-refractivity contribution in [3.8, 4) is 0 Å². The topological polar surface area (TPSA) is 67.9 Å². The van der Waals surface area contributed by atoms with Crippen LogP contribution in [0.15, 0.2) is 43.2 Å². The number of aromatic amines is 1. The summed E-state index contributed by atoms with van der Waals surface area (Å²) >= 11 is 0. The van der Waals surface area contributed by atoms with E-state index < -0.39 is 0 Å². The van der Waals surface area contributed by atoms with Crippen LogP contribution in [0.5, 0.6) is 0 Å². The standard InChI is InChI=1S/C8H9NO2.C3H4N2/c1-2-11-8(10)7-4-3-5-9-6-7;1-2-5-3-4-1/h3-6H,2H2,1H3;1-3H,(H,4,5). The number of imidazole rings is 1. The van der Waals surface area contributed by atoms with E-state index in [9.17, 15) is 4.79 Å². The largest absolute Gasteiger partial charge is 0.462 e. The first-order chi connectivity index (χ1) is 7.84. The van der Waals surface area contributed by atoms with Crippen LogP contribution in [0.4, 0.5) is 0 Å². The molecular formula is C11H13N3O2. The molecule has 0 aliphatic carbocycles. The van der Waals surface area contributed by atoms with Crippen molar-refractivity contribution in [1.29, 1.82) is 0 Å². The van der Waals surface area contributed by atoms with Crippen LogP contribution in [0.25, 0.3) is 0 Å².